The first-order valence-electron chi connectivity index (χ1n) is 33.5. The Morgan fingerprint density at radius 1 is 0.476 bits per heavy atom. The minimum atomic E-state index is -1.63. The topological polar surface area (TPSA) is 175 Å². The lowest BCUT2D eigenvalue weighted by Crippen LogP contribution is -2.61. The number of unbranched alkanes of at least 4 members (excludes halogenated alkanes) is 28. The number of amides is 1. The molecule has 0 spiro atoms. The average molecular weight is 1150 g/mol. The van der Waals surface area contributed by atoms with E-state index in [9.17, 15) is 35.1 Å². The summed E-state index contributed by atoms with van der Waals surface area (Å²) in [5, 5.41) is 57.1. The standard InChI is InChI=1S/C71H123NO10/c1-4-7-10-13-16-19-22-25-27-29-31-33-35-37-39-41-44-47-50-53-56-59-66(76)82-69-68(78)67(77)65(60-73)81-71(69)80-61-62(63(74)57-54-51-48-45-42-24-21-18-15-12-9-6-3)72-70(79)64(75)58-55-52-49-46-43-40-38-36-34-32-30-28-26-23-20-17-14-11-8-5-2/h16-17,19-20,25-28,31-34,37,39,54,57,62-65,67-69,71,73-75,77-78H,4-15,18,21-24,29-30,35-36,38,40-53,55-56,58-61H2,1-3H3,(H,72,79)/b19-16-,20-17-,27-25-,28-26-,33-31-,34-32-,39-37-,57-54+. The van der Waals surface area contributed by atoms with Crippen molar-refractivity contribution in [2.24, 2.45) is 0 Å². The van der Waals surface area contributed by atoms with E-state index in [2.05, 4.69) is 111 Å². The maximum atomic E-state index is 13.5. The molecule has 1 aliphatic rings. The summed E-state index contributed by atoms with van der Waals surface area (Å²) in [6.45, 7) is 5.73. The zero-order chi connectivity index (χ0) is 59.6. The molecule has 1 fully saturated rings. The van der Waals surface area contributed by atoms with Gasteiger partial charge in [-0.2, -0.15) is 0 Å². The van der Waals surface area contributed by atoms with Crippen LogP contribution in [0.4, 0.5) is 0 Å². The van der Waals surface area contributed by atoms with Gasteiger partial charge in [0.15, 0.2) is 12.4 Å². The van der Waals surface area contributed by atoms with Gasteiger partial charge in [0.05, 0.1) is 25.4 Å². The first-order valence-corrected chi connectivity index (χ1v) is 33.5. The Labute approximate surface area is 501 Å². The molecule has 0 saturated carbocycles. The number of carbonyl (C=O) groups excluding carboxylic acids is 2. The van der Waals surface area contributed by atoms with Crippen LogP contribution in [-0.4, -0.2) is 99.6 Å². The van der Waals surface area contributed by atoms with Gasteiger partial charge in [-0.1, -0.05) is 259 Å². The van der Waals surface area contributed by atoms with Crippen LogP contribution in [0.1, 0.15) is 278 Å². The molecule has 8 unspecified atom stereocenters. The van der Waals surface area contributed by atoms with E-state index in [1.165, 1.54) is 116 Å². The maximum absolute atomic E-state index is 13.5. The molecule has 0 bridgehead atoms. The van der Waals surface area contributed by atoms with E-state index < -0.39 is 67.4 Å². The summed E-state index contributed by atoms with van der Waals surface area (Å²) in [5.74, 6) is -1.22. The van der Waals surface area contributed by atoms with Gasteiger partial charge in [0.25, 0.3) is 0 Å². The molecular weight excluding hydrogens is 1030 g/mol. The van der Waals surface area contributed by atoms with Crippen molar-refractivity contribution in [1.29, 1.82) is 0 Å². The Balaban J connectivity index is 2.66. The average Bonchev–Trinajstić information content (AvgIpc) is 3.44. The van der Waals surface area contributed by atoms with Crippen LogP contribution in [0.5, 0.6) is 0 Å². The highest BCUT2D eigenvalue weighted by Crippen LogP contribution is 2.26. The Bertz CT molecular complexity index is 1700. The number of hydrogen-bond donors (Lipinski definition) is 6. The van der Waals surface area contributed by atoms with Crippen molar-refractivity contribution in [3.05, 3.63) is 97.2 Å². The Morgan fingerprint density at radius 2 is 0.841 bits per heavy atom. The second-order valence-corrected chi connectivity index (χ2v) is 22.8. The van der Waals surface area contributed by atoms with Crippen molar-refractivity contribution in [2.45, 2.75) is 327 Å². The van der Waals surface area contributed by atoms with Crippen LogP contribution in [0, 0.1) is 0 Å². The number of rotatable bonds is 56. The highest BCUT2D eigenvalue weighted by Gasteiger charge is 2.47. The van der Waals surface area contributed by atoms with Gasteiger partial charge < -0.3 is 45.1 Å². The number of esters is 1. The lowest BCUT2D eigenvalue weighted by atomic mass is 9.99. The van der Waals surface area contributed by atoms with E-state index in [4.69, 9.17) is 14.2 Å². The van der Waals surface area contributed by atoms with Crippen LogP contribution in [0.25, 0.3) is 0 Å². The summed E-state index contributed by atoms with van der Waals surface area (Å²) in [6, 6.07) is -1.04. The number of nitrogens with one attached hydrogen (secondary N) is 1. The molecule has 1 aliphatic heterocycles. The van der Waals surface area contributed by atoms with E-state index in [1.807, 2.05) is 6.08 Å². The third-order valence-corrected chi connectivity index (χ3v) is 15.2. The number of hydrogen-bond acceptors (Lipinski definition) is 10. The first kappa shape index (κ1) is 76.6. The molecule has 1 saturated heterocycles. The number of carbonyl (C=O) groups is 2. The van der Waals surface area contributed by atoms with Gasteiger partial charge >= 0.3 is 5.97 Å². The first-order chi connectivity index (χ1) is 40.2. The second-order valence-electron chi connectivity index (χ2n) is 22.8. The van der Waals surface area contributed by atoms with Gasteiger partial charge in [-0.15, -0.1) is 0 Å². The summed E-state index contributed by atoms with van der Waals surface area (Å²) < 4.78 is 17.6. The monoisotopic (exact) mass is 1150 g/mol. The molecule has 11 heteroatoms. The molecule has 8 atom stereocenters. The Kier molecular flexibility index (Phi) is 54.2. The lowest BCUT2D eigenvalue weighted by Gasteiger charge is -2.41. The van der Waals surface area contributed by atoms with Gasteiger partial charge in [-0.05, 0) is 109 Å². The smallest absolute Gasteiger partial charge is 0.306 e. The van der Waals surface area contributed by atoms with Crippen LogP contribution in [0.3, 0.4) is 0 Å². The molecule has 472 valence electrons. The molecule has 11 nitrogen and oxygen atoms in total. The molecule has 0 aromatic carbocycles. The molecule has 0 radical (unpaired) electrons. The molecule has 82 heavy (non-hydrogen) atoms. The van der Waals surface area contributed by atoms with Crippen molar-refractivity contribution >= 4 is 11.9 Å². The van der Waals surface area contributed by atoms with Crippen LogP contribution < -0.4 is 5.32 Å². The second kappa shape index (κ2) is 58.0. The third-order valence-electron chi connectivity index (χ3n) is 15.2. The van der Waals surface area contributed by atoms with Crippen molar-refractivity contribution in [3.63, 3.8) is 0 Å². The fraction of sp³-hybridized carbons (Fsp3) is 0.746. The number of aliphatic hydroxyl groups excluding tert-OH is 5. The van der Waals surface area contributed by atoms with E-state index >= 15 is 0 Å². The highest BCUT2D eigenvalue weighted by atomic mass is 16.7. The Hall–Kier alpha value is -3.42. The molecular formula is C71H123NO10. The molecule has 1 amide bonds. The van der Waals surface area contributed by atoms with E-state index in [1.54, 1.807) is 6.08 Å². The van der Waals surface area contributed by atoms with Gasteiger partial charge in [0.1, 0.15) is 24.4 Å². The minimum Gasteiger partial charge on any atom is -0.454 e. The number of ether oxygens (including phenoxy) is 3. The quantitative estimate of drug-likeness (QED) is 0.0195. The van der Waals surface area contributed by atoms with Crippen LogP contribution in [-0.2, 0) is 23.8 Å². The molecule has 0 aromatic rings. The highest BCUT2D eigenvalue weighted by molar-refractivity contribution is 5.80. The summed E-state index contributed by atoms with van der Waals surface area (Å²) in [6.07, 6.45) is 67.1. The Morgan fingerprint density at radius 3 is 1.28 bits per heavy atom. The van der Waals surface area contributed by atoms with Gasteiger partial charge in [-0.3, -0.25) is 9.59 Å². The molecule has 0 aliphatic carbocycles. The van der Waals surface area contributed by atoms with Gasteiger partial charge in [-0.25, -0.2) is 0 Å². The summed E-state index contributed by atoms with van der Waals surface area (Å²) in [5.41, 5.74) is 0. The summed E-state index contributed by atoms with van der Waals surface area (Å²) >= 11 is 0. The summed E-state index contributed by atoms with van der Waals surface area (Å²) in [4.78, 5) is 26.6. The molecule has 0 aromatic heterocycles. The SMILES string of the molecule is CCCCC/C=C\C/C=C\C/C=C\C/C=C\CCCCCCCC(=O)OC1C(OCC(NC(=O)C(O)CCCCCCCCC/C=C\C/C=C\C/C=C\CCCCC)C(O)/C=C/CCCCCCCCCCCC)OC(CO)C(O)C1O. The number of aliphatic hydroxyl groups is 5. The molecule has 1 rings (SSSR count). The van der Waals surface area contributed by atoms with E-state index in [0.717, 1.165) is 116 Å². The lowest BCUT2D eigenvalue weighted by molar-refractivity contribution is -0.305. The van der Waals surface area contributed by atoms with Crippen LogP contribution in [0.2, 0.25) is 0 Å². The molecule has 1 heterocycles. The zero-order valence-corrected chi connectivity index (χ0v) is 52.3. The fourth-order valence-electron chi connectivity index (χ4n) is 9.88. The van der Waals surface area contributed by atoms with Crippen molar-refractivity contribution in [1.82, 2.24) is 5.32 Å². The van der Waals surface area contributed by atoms with Crippen molar-refractivity contribution in [2.75, 3.05) is 13.2 Å². The zero-order valence-electron chi connectivity index (χ0n) is 52.3. The minimum absolute atomic E-state index is 0.0973. The normalized spacial score (nSPS) is 19.2. The van der Waals surface area contributed by atoms with E-state index in [-0.39, 0.29) is 19.4 Å². The molecule has 6 N–H and O–H groups in total. The maximum Gasteiger partial charge on any atom is 0.306 e. The van der Waals surface area contributed by atoms with E-state index in [0.29, 0.717) is 12.8 Å². The van der Waals surface area contributed by atoms with Crippen molar-refractivity contribution in [3.8, 4) is 0 Å². The third kappa shape index (κ3) is 45.0. The fourth-order valence-corrected chi connectivity index (χ4v) is 9.88. The van der Waals surface area contributed by atoms with Crippen LogP contribution >= 0.6 is 0 Å². The largest absolute Gasteiger partial charge is 0.454 e. The predicted molar refractivity (Wildman–Crippen MR) is 342 cm³/mol. The van der Waals surface area contributed by atoms with Crippen LogP contribution in [0.15, 0.2) is 97.2 Å². The predicted octanol–water partition coefficient (Wildman–Crippen LogP) is 16.7. The van der Waals surface area contributed by atoms with Crippen molar-refractivity contribution < 1.29 is 49.3 Å². The van der Waals surface area contributed by atoms with Gasteiger partial charge in [0, 0.05) is 6.42 Å². The van der Waals surface area contributed by atoms with Gasteiger partial charge in [0.2, 0.25) is 5.91 Å². The summed E-state index contributed by atoms with van der Waals surface area (Å²) in [7, 11) is 0. The number of allylic oxidation sites excluding steroid dienone is 15.